The minimum Gasteiger partial charge on any atom is -0.369 e. The van der Waals surface area contributed by atoms with Gasteiger partial charge in [-0.05, 0) is 68.0 Å². The Hall–Kier alpha value is -2.79. The second-order valence-electron chi connectivity index (χ2n) is 9.27. The van der Waals surface area contributed by atoms with Crippen molar-refractivity contribution in [1.29, 1.82) is 0 Å². The molecule has 2 aliphatic heterocycles. The quantitative estimate of drug-likeness (QED) is 0.512. The predicted octanol–water partition coefficient (Wildman–Crippen LogP) is 5.46. The maximum atomic E-state index is 12.9. The summed E-state index contributed by atoms with van der Waals surface area (Å²) in [5.41, 5.74) is 5.37. The van der Waals surface area contributed by atoms with Crippen LogP contribution >= 0.6 is 11.6 Å². The number of imide groups is 1. The molecule has 1 N–H and O–H groups in total. The van der Waals surface area contributed by atoms with Crippen LogP contribution in [0, 0.1) is 6.92 Å². The van der Waals surface area contributed by atoms with Crippen molar-refractivity contribution >= 4 is 35.3 Å². The number of hydrogen-bond donors (Lipinski definition) is 1. The molecule has 0 bridgehead atoms. The van der Waals surface area contributed by atoms with Crippen molar-refractivity contribution in [3.63, 3.8) is 0 Å². The van der Waals surface area contributed by atoms with E-state index in [-0.39, 0.29) is 23.7 Å². The fraction of sp³-hybridized carbons (Fsp3) is 0.360. The summed E-state index contributed by atoms with van der Waals surface area (Å²) in [4.78, 5) is 28.9. The molecule has 2 aromatic carbocycles. The first-order valence-electron chi connectivity index (χ1n) is 10.5. The predicted molar refractivity (Wildman–Crippen MR) is 125 cm³/mol. The molecule has 6 heteroatoms. The lowest BCUT2D eigenvalue weighted by Gasteiger charge is -2.45. The van der Waals surface area contributed by atoms with Gasteiger partial charge in [-0.25, -0.2) is 4.79 Å². The van der Waals surface area contributed by atoms with Gasteiger partial charge in [0.05, 0.1) is 6.54 Å². The van der Waals surface area contributed by atoms with Gasteiger partial charge in [0.15, 0.2) is 0 Å². The third-order valence-corrected chi connectivity index (χ3v) is 6.80. The molecule has 0 saturated carbocycles. The zero-order valence-corrected chi connectivity index (χ0v) is 19.4. The molecule has 0 aromatic heterocycles. The second kappa shape index (κ2) is 7.72. The Morgan fingerprint density at radius 3 is 2.55 bits per heavy atom. The first kappa shape index (κ1) is 21.4. The van der Waals surface area contributed by atoms with Crippen LogP contribution in [0.2, 0.25) is 5.02 Å². The molecule has 2 aromatic rings. The fourth-order valence-electron chi connectivity index (χ4n) is 4.46. The molecular weight excluding hydrogens is 410 g/mol. The van der Waals surface area contributed by atoms with Crippen molar-refractivity contribution in [3.05, 3.63) is 69.4 Å². The average molecular weight is 438 g/mol. The number of amides is 3. The number of carbonyl (C=O) groups is 2. The van der Waals surface area contributed by atoms with E-state index in [1.54, 1.807) is 6.08 Å². The average Bonchev–Trinajstić information content (AvgIpc) is 2.96. The second-order valence-corrected chi connectivity index (χ2v) is 9.68. The van der Waals surface area contributed by atoms with Crippen LogP contribution in [0.4, 0.5) is 10.5 Å². The number of aryl methyl sites for hydroxylation is 1. The van der Waals surface area contributed by atoms with Crippen LogP contribution in [-0.4, -0.2) is 29.4 Å². The molecular formula is C25H28ClN3O2. The molecule has 1 saturated heterocycles. The minimum atomic E-state index is -0.416. The highest BCUT2D eigenvalue weighted by Crippen LogP contribution is 2.44. The lowest BCUT2D eigenvalue weighted by molar-refractivity contribution is -0.123. The van der Waals surface area contributed by atoms with E-state index in [1.165, 1.54) is 10.5 Å². The Balaban J connectivity index is 1.63. The molecule has 0 aliphatic carbocycles. The van der Waals surface area contributed by atoms with E-state index in [9.17, 15) is 9.59 Å². The van der Waals surface area contributed by atoms with E-state index in [4.69, 9.17) is 11.6 Å². The van der Waals surface area contributed by atoms with Crippen molar-refractivity contribution in [1.82, 2.24) is 10.2 Å². The van der Waals surface area contributed by atoms with Crippen molar-refractivity contribution in [2.24, 2.45) is 0 Å². The Kier molecular flexibility index (Phi) is 5.34. The summed E-state index contributed by atoms with van der Waals surface area (Å²) in [6.07, 6.45) is 2.71. The summed E-state index contributed by atoms with van der Waals surface area (Å²) in [5.74, 6) is 0.0215. The molecule has 1 fully saturated rings. The standard InChI is InChI=1S/C25H28ClN3O2/c1-15-6-8-17(9-7-15)14-29-23(30)21(27-24(29)31)11-18-10-19-16(2)13-25(3,4)28(5)22(19)12-20(18)26/h6-12,16H,13-14H2,1-5H3,(H,27,31)/b21-11+. The molecule has 3 amide bonds. The molecule has 31 heavy (non-hydrogen) atoms. The fourth-order valence-corrected chi connectivity index (χ4v) is 4.67. The van der Waals surface area contributed by atoms with E-state index in [0.717, 1.165) is 28.8 Å². The normalized spacial score (nSPS) is 21.5. The van der Waals surface area contributed by atoms with Gasteiger partial charge in [-0.15, -0.1) is 0 Å². The van der Waals surface area contributed by atoms with Crippen LogP contribution in [0.1, 0.15) is 55.4 Å². The van der Waals surface area contributed by atoms with Crippen LogP contribution in [0.15, 0.2) is 42.1 Å². The zero-order chi connectivity index (χ0) is 22.5. The van der Waals surface area contributed by atoms with Gasteiger partial charge >= 0.3 is 6.03 Å². The molecule has 2 heterocycles. The number of carbonyl (C=O) groups excluding carboxylic acids is 2. The summed E-state index contributed by atoms with van der Waals surface area (Å²) in [7, 11) is 2.09. The van der Waals surface area contributed by atoms with Crippen LogP contribution in [-0.2, 0) is 11.3 Å². The highest BCUT2D eigenvalue weighted by Gasteiger charge is 2.36. The lowest BCUT2D eigenvalue weighted by Crippen LogP contribution is -2.45. The van der Waals surface area contributed by atoms with E-state index >= 15 is 0 Å². The van der Waals surface area contributed by atoms with Crippen LogP contribution in [0.5, 0.6) is 0 Å². The van der Waals surface area contributed by atoms with E-state index < -0.39 is 6.03 Å². The first-order valence-corrected chi connectivity index (χ1v) is 10.9. The van der Waals surface area contributed by atoms with E-state index in [1.807, 2.05) is 43.3 Å². The monoisotopic (exact) mass is 437 g/mol. The van der Waals surface area contributed by atoms with Crippen LogP contribution in [0.3, 0.4) is 0 Å². The number of rotatable bonds is 3. The van der Waals surface area contributed by atoms with Gasteiger partial charge in [0.2, 0.25) is 0 Å². The highest BCUT2D eigenvalue weighted by atomic mass is 35.5. The third kappa shape index (κ3) is 3.94. The van der Waals surface area contributed by atoms with Crippen molar-refractivity contribution in [2.45, 2.75) is 52.1 Å². The molecule has 0 spiro atoms. The van der Waals surface area contributed by atoms with Gasteiger partial charge in [0.1, 0.15) is 5.70 Å². The van der Waals surface area contributed by atoms with Crippen molar-refractivity contribution in [2.75, 3.05) is 11.9 Å². The molecule has 0 radical (unpaired) electrons. The Bertz CT molecular complexity index is 1090. The maximum absolute atomic E-state index is 12.9. The number of nitrogens with one attached hydrogen (secondary N) is 1. The number of benzene rings is 2. The van der Waals surface area contributed by atoms with Gasteiger partial charge in [-0.2, -0.15) is 0 Å². The van der Waals surface area contributed by atoms with Crippen molar-refractivity contribution in [3.8, 4) is 0 Å². The largest absolute Gasteiger partial charge is 0.369 e. The Morgan fingerprint density at radius 2 is 1.87 bits per heavy atom. The van der Waals surface area contributed by atoms with Crippen molar-refractivity contribution < 1.29 is 9.59 Å². The molecule has 4 rings (SSSR count). The minimum absolute atomic E-state index is 0.0433. The summed E-state index contributed by atoms with van der Waals surface area (Å²) < 4.78 is 0. The number of anilines is 1. The number of urea groups is 1. The SMILES string of the molecule is Cc1ccc(CN2C(=O)N/C(=C/c3cc4c(cc3Cl)N(C)C(C)(C)CC4C)C2=O)cc1. The van der Waals surface area contributed by atoms with Crippen LogP contribution < -0.4 is 10.2 Å². The summed E-state index contributed by atoms with van der Waals surface area (Å²) >= 11 is 6.60. The maximum Gasteiger partial charge on any atom is 0.329 e. The van der Waals surface area contributed by atoms with Crippen LogP contribution in [0.25, 0.3) is 6.08 Å². The van der Waals surface area contributed by atoms with E-state index in [0.29, 0.717) is 10.9 Å². The molecule has 1 unspecified atom stereocenters. The molecule has 162 valence electrons. The highest BCUT2D eigenvalue weighted by molar-refractivity contribution is 6.32. The first-order chi connectivity index (χ1) is 14.6. The smallest absolute Gasteiger partial charge is 0.329 e. The number of halogens is 1. The van der Waals surface area contributed by atoms with Gasteiger partial charge in [-0.1, -0.05) is 48.4 Å². The zero-order valence-electron chi connectivity index (χ0n) is 18.6. The topological polar surface area (TPSA) is 52.7 Å². The number of nitrogens with zero attached hydrogens (tertiary/aromatic N) is 2. The van der Waals surface area contributed by atoms with Gasteiger partial charge < -0.3 is 10.2 Å². The van der Waals surface area contributed by atoms with Gasteiger partial charge in [0, 0.05) is 23.3 Å². The third-order valence-electron chi connectivity index (χ3n) is 6.48. The van der Waals surface area contributed by atoms with E-state index in [2.05, 4.69) is 38.0 Å². The molecule has 1 atom stereocenters. The number of hydrogen-bond acceptors (Lipinski definition) is 3. The Morgan fingerprint density at radius 1 is 1.19 bits per heavy atom. The van der Waals surface area contributed by atoms with Gasteiger partial charge in [0.25, 0.3) is 5.91 Å². The number of fused-ring (bicyclic) bond motifs is 1. The summed E-state index contributed by atoms with van der Waals surface area (Å²) in [5, 5.41) is 3.26. The summed E-state index contributed by atoms with van der Waals surface area (Å²) in [6, 6.07) is 11.4. The van der Waals surface area contributed by atoms with Gasteiger partial charge in [-0.3, -0.25) is 9.69 Å². The summed E-state index contributed by atoms with van der Waals surface area (Å²) in [6.45, 7) is 8.90. The molecule has 2 aliphatic rings. The Labute approximate surface area is 188 Å². The lowest BCUT2D eigenvalue weighted by atomic mass is 9.80. The molecule has 5 nitrogen and oxygen atoms in total.